The SMILES string of the molecule is CC(C)Oc1ncccc1NC(=O)C(F)F. The molecule has 0 unspecified atom stereocenters. The van der Waals surface area contributed by atoms with Crippen LogP contribution in [0.25, 0.3) is 0 Å². The Morgan fingerprint density at radius 3 is 2.75 bits per heavy atom. The van der Waals surface area contributed by atoms with Gasteiger partial charge >= 0.3 is 6.43 Å². The van der Waals surface area contributed by atoms with E-state index in [0.717, 1.165) is 0 Å². The third-order valence-electron chi connectivity index (χ3n) is 1.57. The molecule has 1 N–H and O–H groups in total. The van der Waals surface area contributed by atoms with E-state index in [1.165, 1.54) is 18.3 Å². The Bertz CT molecular complexity index is 370. The van der Waals surface area contributed by atoms with Crippen LogP contribution in [0.15, 0.2) is 18.3 Å². The molecule has 16 heavy (non-hydrogen) atoms. The summed E-state index contributed by atoms with van der Waals surface area (Å²) < 4.78 is 29.3. The zero-order valence-electron chi connectivity index (χ0n) is 8.91. The van der Waals surface area contributed by atoms with Crippen LogP contribution in [0.2, 0.25) is 0 Å². The smallest absolute Gasteiger partial charge is 0.315 e. The number of hydrogen-bond donors (Lipinski definition) is 1. The molecule has 0 saturated carbocycles. The van der Waals surface area contributed by atoms with Gasteiger partial charge in [0, 0.05) is 6.20 Å². The van der Waals surface area contributed by atoms with E-state index in [2.05, 4.69) is 4.98 Å². The lowest BCUT2D eigenvalue weighted by Crippen LogP contribution is -2.21. The van der Waals surface area contributed by atoms with Gasteiger partial charge in [-0.15, -0.1) is 0 Å². The van der Waals surface area contributed by atoms with Gasteiger partial charge in [-0.25, -0.2) is 4.98 Å². The molecular weight excluding hydrogens is 218 g/mol. The van der Waals surface area contributed by atoms with Gasteiger partial charge in [0.05, 0.1) is 6.10 Å². The summed E-state index contributed by atoms with van der Waals surface area (Å²) in [5, 5.41) is 2.04. The normalized spacial score (nSPS) is 10.6. The molecule has 0 radical (unpaired) electrons. The Labute approximate surface area is 91.6 Å². The summed E-state index contributed by atoms with van der Waals surface area (Å²) in [7, 11) is 0. The Balaban J connectivity index is 2.82. The fourth-order valence-electron chi connectivity index (χ4n) is 0.990. The van der Waals surface area contributed by atoms with Crippen molar-refractivity contribution in [3.63, 3.8) is 0 Å². The fourth-order valence-corrected chi connectivity index (χ4v) is 0.990. The maximum atomic E-state index is 12.0. The number of hydrogen-bond acceptors (Lipinski definition) is 3. The Hall–Kier alpha value is -1.72. The van der Waals surface area contributed by atoms with Crippen molar-refractivity contribution in [2.24, 2.45) is 0 Å². The first kappa shape index (κ1) is 12.4. The molecular formula is C10H12F2N2O2. The van der Waals surface area contributed by atoms with Crippen LogP contribution in [-0.4, -0.2) is 23.4 Å². The summed E-state index contributed by atoms with van der Waals surface area (Å²) in [5.41, 5.74) is 0.140. The van der Waals surface area contributed by atoms with Crippen molar-refractivity contribution in [2.45, 2.75) is 26.4 Å². The predicted octanol–water partition coefficient (Wildman–Crippen LogP) is 2.07. The summed E-state index contributed by atoms with van der Waals surface area (Å²) in [4.78, 5) is 14.7. The molecule has 1 amide bonds. The zero-order chi connectivity index (χ0) is 12.1. The minimum atomic E-state index is -3.06. The first-order valence-electron chi connectivity index (χ1n) is 4.71. The van der Waals surface area contributed by atoms with Gasteiger partial charge in [0.1, 0.15) is 5.69 Å². The molecule has 0 bridgehead atoms. The van der Waals surface area contributed by atoms with E-state index in [1.807, 2.05) is 5.32 Å². The highest BCUT2D eigenvalue weighted by molar-refractivity contribution is 5.94. The first-order valence-corrected chi connectivity index (χ1v) is 4.71. The topological polar surface area (TPSA) is 51.2 Å². The molecule has 0 saturated heterocycles. The van der Waals surface area contributed by atoms with Gasteiger partial charge < -0.3 is 10.1 Å². The molecule has 1 aromatic heterocycles. The summed E-state index contributed by atoms with van der Waals surface area (Å²) in [6.45, 7) is 3.54. The van der Waals surface area contributed by atoms with E-state index in [4.69, 9.17) is 4.74 Å². The van der Waals surface area contributed by atoms with Crippen molar-refractivity contribution in [1.82, 2.24) is 4.98 Å². The second-order valence-electron chi connectivity index (χ2n) is 3.31. The van der Waals surface area contributed by atoms with Gasteiger partial charge in [-0.1, -0.05) is 0 Å². The third kappa shape index (κ3) is 3.45. The lowest BCUT2D eigenvalue weighted by atomic mass is 10.4. The Kier molecular flexibility index (Phi) is 4.16. The molecule has 0 spiro atoms. The molecule has 1 aromatic rings. The number of anilines is 1. The minimum absolute atomic E-state index is 0.131. The van der Waals surface area contributed by atoms with E-state index >= 15 is 0 Å². The van der Waals surface area contributed by atoms with Gasteiger partial charge in [0.25, 0.3) is 5.91 Å². The van der Waals surface area contributed by atoms with Crippen LogP contribution in [0.3, 0.4) is 0 Å². The van der Waals surface area contributed by atoms with Gasteiger partial charge in [-0.2, -0.15) is 8.78 Å². The van der Waals surface area contributed by atoms with Crippen molar-refractivity contribution >= 4 is 11.6 Å². The van der Waals surface area contributed by atoms with E-state index in [9.17, 15) is 13.6 Å². The highest BCUT2D eigenvalue weighted by Gasteiger charge is 2.17. The number of alkyl halides is 2. The summed E-state index contributed by atoms with van der Waals surface area (Å²) in [6, 6.07) is 2.97. The maximum Gasteiger partial charge on any atom is 0.315 e. The summed E-state index contributed by atoms with van der Waals surface area (Å²) >= 11 is 0. The van der Waals surface area contributed by atoms with E-state index in [-0.39, 0.29) is 17.7 Å². The molecule has 1 heterocycles. The fraction of sp³-hybridized carbons (Fsp3) is 0.400. The van der Waals surface area contributed by atoms with Gasteiger partial charge in [-0.3, -0.25) is 4.79 Å². The van der Waals surface area contributed by atoms with E-state index in [1.54, 1.807) is 13.8 Å². The van der Waals surface area contributed by atoms with Crippen molar-refractivity contribution in [3.8, 4) is 5.88 Å². The third-order valence-corrected chi connectivity index (χ3v) is 1.57. The largest absolute Gasteiger partial charge is 0.473 e. The summed E-state index contributed by atoms with van der Waals surface area (Å²) in [5.74, 6) is -1.24. The van der Waals surface area contributed by atoms with Crippen molar-refractivity contribution in [1.29, 1.82) is 0 Å². The average Bonchev–Trinajstić information content (AvgIpc) is 2.20. The Morgan fingerprint density at radius 2 is 2.19 bits per heavy atom. The number of carbonyl (C=O) groups is 1. The lowest BCUT2D eigenvalue weighted by Gasteiger charge is -2.13. The number of aromatic nitrogens is 1. The second kappa shape index (κ2) is 5.39. The van der Waals surface area contributed by atoms with Crippen LogP contribution in [0.5, 0.6) is 5.88 Å². The molecule has 0 fully saturated rings. The predicted molar refractivity (Wildman–Crippen MR) is 54.6 cm³/mol. The Morgan fingerprint density at radius 1 is 1.50 bits per heavy atom. The number of ether oxygens (including phenoxy) is 1. The van der Waals surface area contributed by atoms with Crippen LogP contribution >= 0.6 is 0 Å². The molecule has 0 aliphatic rings. The van der Waals surface area contributed by atoms with Gasteiger partial charge in [0.15, 0.2) is 0 Å². The number of carbonyl (C=O) groups excluding carboxylic acids is 1. The minimum Gasteiger partial charge on any atom is -0.473 e. The second-order valence-corrected chi connectivity index (χ2v) is 3.31. The molecule has 0 aliphatic carbocycles. The van der Waals surface area contributed by atoms with Crippen molar-refractivity contribution in [3.05, 3.63) is 18.3 Å². The van der Waals surface area contributed by atoms with Crippen LogP contribution in [0.1, 0.15) is 13.8 Å². The number of pyridine rings is 1. The molecule has 0 atom stereocenters. The zero-order valence-corrected chi connectivity index (χ0v) is 8.91. The quantitative estimate of drug-likeness (QED) is 0.861. The molecule has 1 rings (SSSR count). The maximum absolute atomic E-state index is 12.0. The molecule has 4 nitrogen and oxygen atoms in total. The van der Waals surface area contributed by atoms with E-state index in [0.29, 0.717) is 0 Å². The van der Waals surface area contributed by atoms with Gasteiger partial charge in [0.2, 0.25) is 5.88 Å². The number of rotatable bonds is 4. The number of nitrogens with zero attached hydrogens (tertiary/aromatic N) is 1. The highest BCUT2D eigenvalue weighted by atomic mass is 19.3. The molecule has 6 heteroatoms. The van der Waals surface area contributed by atoms with Crippen LogP contribution in [0.4, 0.5) is 14.5 Å². The number of halogens is 2. The average molecular weight is 230 g/mol. The van der Waals surface area contributed by atoms with Crippen LogP contribution in [-0.2, 0) is 4.79 Å². The standard InChI is InChI=1S/C10H12F2N2O2/c1-6(2)16-10-7(4-3-5-13-10)14-9(15)8(11)12/h3-6,8H,1-2H3,(H,14,15). The molecule has 0 aromatic carbocycles. The number of nitrogens with one attached hydrogen (secondary N) is 1. The van der Waals surface area contributed by atoms with Crippen molar-refractivity contribution < 1.29 is 18.3 Å². The first-order chi connectivity index (χ1) is 7.50. The lowest BCUT2D eigenvalue weighted by molar-refractivity contribution is -0.126. The van der Waals surface area contributed by atoms with E-state index < -0.39 is 12.3 Å². The summed E-state index contributed by atoms with van der Waals surface area (Å²) in [6.07, 6.45) is -1.76. The highest BCUT2D eigenvalue weighted by Crippen LogP contribution is 2.22. The van der Waals surface area contributed by atoms with Crippen molar-refractivity contribution in [2.75, 3.05) is 5.32 Å². The number of amides is 1. The molecule has 0 aliphatic heterocycles. The monoisotopic (exact) mass is 230 g/mol. The molecule has 88 valence electrons. The van der Waals surface area contributed by atoms with Crippen LogP contribution in [0, 0.1) is 0 Å². The van der Waals surface area contributed by atoms with Gasteiger partial charge in [-0.05, 0) is 26.0 Å². The van der Waals surface area contributed by atoms with Crippen LogP contribution < -0.4 is 10.1 Å².